The first kappa shape index (κ1) is 28.3. The van der Waals surface area contributed by atoms with Gasteiger partial charge < -0.3 is 28.9 Å². The van der Waals surface area contributed by atoms with E-state index in [4.69, 9.17) is 29.7 Å². The van der Waals surface area contributed by atoms with Crippen molar-refractivity contribution in [3.63, 3.8) is 0 Å². The molecule has 4 unspecified atom stereocenters. The molecule has 0 spiro atoms. The van der Waals surface area contributed by atoms with Crippen LogP contribution < -0.4 is 11.4 Å². The molecule has 0 aliphatic carbocycles. The van der Waals surface area contributed by atoms with Gasteiger partial charge in [-0.2, -0.15) is 0 Å². The van der Waals surface area contributed by atoms with Crippen LogP contribution in [0.2, 0.25) is 0 Å². The summed E-state index contributed by atoms with van der Waals surface area (Å²) in [6.45, 7) is 7.84. The standard InChI is InChI=1S/C21H42N2O8/c1-3-18(24)19-16-17(2)20(25)21(31-19)28-9-7-5-4-6-8-23-30-15-13-27-11-10-26-12-14-29-22/h17,19-21,23,25H,3-16,22H2,1-2H3. The molecule has 0 radical (unpaired) electrons. The van der Waals surface area contributed by atoms with Crippen LogP contribution in [0.3, 0.4) is 0 Å². The minimum absolute atomic E-state index is 0.0134. The maximum atomic E-state index is 11.9. The summed E-state index contributed by atoms with van der Waals surface area (Å²) in [5.41, 5.74) is 2.92. The van der Waals surface area contributed by atoms with Gasteiger partial charge in [0.15, 0.2) is 12.1 Å². The third kappa shape index (κ3) is 13.5. The zero-order valence-electron chi connectivity index (χ0n) is 19.1. The van der Waals surface area contributed by atoms with Crippen molar-refractivity contribution in [3.05, 3.63) is 0 Å². The molecule has 1 aliphatic heterocycles. The summed E-state index contributed by atoms with van der Waals surface area (Å²) in [5, 5.41) is 10.2. The van der Waals surface area contributed by atoms with Crippen molar-refractivity contribution >= 4 is 5.78 Å². The Kier molecular flexibility index (Phi) is 17.2. The van der Waals surface area contributed by atoms with Crippen molar-refractivity contribution < 1.29 is 38.5 Å². The van der Waals surface area contributed by atoms with Crippen LogP contribution in [0.15, 0.2) is 0 Å². The Balaban J connectivity index is 1.89. The largest absolute Gasteiger partial charge is 0.388 e. The van der Waals surface area contributed by atoms with Crippen molar-refractivity contribution in [1.82, 2.24) is 5.48 Å². The Morgan fingerprint density at radius 2 is 1.71 bits per heavy atom. The minimum atomic E-state index is -0.715. The van der Waals surface area contributed by atoms with Crippen molar-refractivity contribution in [1.29, 1.82) is 0 Å². The van der Waals surface area contributed by atoms with Gasteiger partial charge in [0.1, 0.15) is 12.2 Å². The highest BCUT2D eigenvalue weighted by Crippen LogP contribution is 2.27. The molecule has 1 saturated heterocycles. The fourth-order valence-electron chi connectivity index (χ4n) is 3.14. The molecule has 4 N–H and O–H groups in total. The molecule has 31 heavy (non-hydrogen) atoms. The zero-order chi connectivity index (χ0) is 22.7. The number of aliphatic hydroxyl groups is 1. The second-order valence-electron chi connectivity index (χ2n) is 7.64. The first-order valence-corrected chi connectivity index (χ1v) is 11.4. The zero-order valence-corrected chi connectivity index (χ0v) is 19.1. The Bertz CT molecular complexity index is 444. The van der Waals surface area contributed by atoms with E-state index in [2.05, 4.69) is 10.3 Å². The number of hydrogen-bond acceptors (Lipinski definition) is 10. The summed E-state index contributed by atoms with van der Waals surface area (Å²) < 4.78 is 21.9. The summed E-state index contributed by atoms with van der Waals surface area (Å²) in [7, 11) is 0. The van der Waals surface area contributed by atoms with E-state index in [1.807, 2.05) is 13.8 Å². The first-order chi connectivity index (χ1) is 15.1. The molecule has 1 rings (SSSR count). The summed E-state index contributed by atoms with van der Waals surface area (Å²) >= 11 is 0. The lowest BCUT2D eigenvalue weighted by molar-refractivity contribution is -0.250. The fraction of sp³-hybridized carbons (Fsp3) is 0.952. The van der Waals surface area contributed by atoms with Gasteiger partial charge in [-0.05, 0) is 25.2 Å². The molecule has 0 aromatic rings. The molecule has 4 atom stereocenters. The summed E-state index contributed by atoms with van der Waals surface area (Å²) in [4.78, 5) is 21.6. The highest BCUT2D eigenvalue weighted by atomic mass is 16.7. The molecule has 0 saturated carbocycles. The third-order valence-electron chi connectivity index (χ3n) is 5.06. The van der Waals surface area contributed by atoms with Crippen molar-refractivity contribution in [3.8, 4) is 0 Å². The number of carbonyl (C=O) groups is 1. The van der Waals surface area contributed by atoms with Crippen LogP contribution in [0, 0.1) is 5.92 Å². The van der Waals surface area contributed by atoms with Crippen LogP contribution >= 0.6 is 0 Å². The van der Waals surface area contributed by atoms with Crippen LogP contribution in [-0.4, -0.2) is 82.2 Å². The van der Waals surface area contributed by atoms with Gasteiger partial charge in [-0.1, -0.05) is 26.7 Å². The summed E-state index contributed by atoms with van der Waals surface area (Å²) in [6, 6.07) is 0. The number of carbonyl (C=O) groups excluding carboxylic acids is 1. The highest BCUT2D eigenvalue weighted by molar-refractivity contribution is 5.82. The van der Waals surface area contributed by atoms with Crippen molar-refractivity contribution in [2.75, 3.05) is 52.8 Å². The van der Waals surface area contributed by atoms with E-state index in [-0.39, 0.29) is 11.7 Å². The molecule has 1 aliphatic rings. The van der Waals surface area contributed by atoms with Crippen LogP contribution in [-0.2, 0) is 33.4 Å². The lowest BCUT2D eigenvalue weighted by Crippen LogP contribution is -2.48. The van der Waals surface area contributed by atoms with Gasteiger partial charge in [0.2, 0.25) is 0 Å². The topological polar surface area (TPSA) is 131 Å². The molecule has 0 amide bonds. The van der Waals surface area contributed by atoms with Crippen LogP contribution in [0.5, 0.6) is 0 Å². The highest BCUT2D eigenvalue weighted by Gasteiger charge is 2.38. The number of aliphatic hydroxyl groups excluding tert-OH is 1. The predicted molar refractivity (Wildman–Crippen MR) is 114 cm³/mol. The van der Waals surface area contributed by atoms with Crippen LogP contribution in [0.1, 0.15) is 52.4 Å². The average Bonchev–Trinajstić information content (AvgIpc) is 2.77. The number of nitrogens with two attached hydrogens (primary N) is 1. The second kappa shape index (κ2) is 18.8. The average molecular weight is 451 g/mol. The fourth-order valence-corrected chi connectivity index (χ4v) is 3.14. The van der Waals surface area contributed by atoms with Gasteiger partial charge in [0.05, 0.1) is 39.6 Å². The van der Waals surface area contributed by atoms with Gasteiger partial charge >= 0.3 is 0 Å². The van der Waals surface area contributed by atoms with E-state index in [0.717, 1.165) is 32.2 Å². The van der Waals surface area contributed by atoms with Crippen LogP contribution in [0.25, 0.3) is 0 Å². The maximum Gasteiger partial charge on any atom is 0.184 e. The van der Waals surface area contributed by atoms with E-state index in [1.54, 1.807) is 0 Å². The van der Waals surface area contributed by atoms with Gasteiger partial charge in [-0.3, -0.25) is 9.63 Å². The smallest absolute Gasteiger partial charge is 0.184 e. The number of Topliss-reactive ketones (excluding diaryl/α,β-unsaturated/α-hetero) is 1. The number of ketones is 1. The van der Waals surface area contributed by atoms with Gasteiger partial charge in [-0.15, -0.1) is 0 Å². The summed E-state index contributed by atoms with van der Waals surface area (Å²) in [6.07, 6.45) is 3.04. The SMILES string of the molecule is CCC(=O)C1CC(C)C(O)C(OCCCCCCNOCCOCCOCCON)O1. The second-order valence-corrected chi connectivity index (χ2v) is 7.64. The minimum Gasteiger partial charge on any atom is -0.388 e. The molecule has 0 aromatic heterocycles. The van der Waals surface area contributed by atoms with E-state index in [9.17, 15) is 9.90 Å². The predicted octanol–water partition coefficient (Wildman–Crippen LogP) is 1.10. The van der Waals surface area contributed by atoms with E-state index in [0.29, 0.717) is 59.1 Å². The monoisotopic (exact) mass is 450 g/mol. The molecule has 184 valence electrons. The molecular formula is C21H42N2O8. The number of ether oxygens (including phenoxy) is 4. The number of nitrogens with one attached hydrogen (secondary N) is 1. The van der Waals surface area contributed by atoms with Crippen LogP contribution in [0.4, 0.5) is 0 Å². The molecule has 1 fully saturated rings. The number of hydrogen-bond donors (Lipinski definition) is 3. The lowest BCUT2D eigenvalue weighted by Gasteiger charge is -2.37. The third-order valence-corrected chi connectivity index (χ3v) is 5.06. The summed E-state index contributed by atoms with van der Waals surface area (Å²) in [5.74, 6) is 4.93. The molecule has 0 aromatic carbocycles. The van der Waals surface area contributed by atoms with E-state index >= 15 is 0 Å². The van der Waals surface area contributed by atoms with E-state index in [1.165, 1.54) is 0 Å². The van der Waals surface area contributed by atoms with Gasteiger partial charge in [-0.25, -0.2) is 11.4 Å². The molecule has 0 bridgehead atoms. The molecule has 10 heteroatoms. The number of hydroxylamine groups is 1. The van der Waals surface area contributed by atoms with Crippen molar-refractivity contribution in [2.45, 2.75) is 70.9 Å². The molecule has 10 nitrogen and oxygen atoms in total. The maximum absolute atomic E-state index is 11.9. The Morgan fingerprint density at radius 3 is 2.42 bits per heavy atom. The number of unbranched alkanes of at least 4 members (excludes halogenated alkanes) is 3. The number of rotatable bonds is 20. The van der Waals surface area contributed by atoms with Crippen molar-refractivity contribution in [2.24, 2.45) is 11.8 Å². The normalized spacial score (nSPS) is 23.9. The Labute approximate surface area is 185 Å². The lowest BCUT2D eigenvalue weighted by atomic mass is 9.91. The quantitative estimate of drug-likeness (QED) is 0.183. The molecule has 1 heterocycles. The first-order valence-electron chi connectivity index (χ1n) is 11.4. The molecular weight excluding hydrogens is 408 g/mol. The van der Waals surface area contributed by atoms with Gasteiger partial charge in [0, 0.05) is 19.6 Å². The van der Waals surface area contributed by atoms with E-state index < -0.39 is 18.5 Å². The Morgan fingerprint density at radius 1 is 1.03 bits per heavy atom. The van der Waals surface area contributed by atoms with Gasteiger partial charge in [0.25, 0.3) is 0 Å². The Hall–Kier alpha value is -0.690.